The van der Waals surface area contributed by atoms with Gasteiger partial charge in [-0.3, -0.25) is 14.9 Å². The van der Waals surface area contributed by atoms with Crippen LogP contribution in [0.4, 0.5) is 29.3 Å². The zero-order valence-electron chi connectivity index (χ0n) is 16.9. The van der Waals surface area contributed by atoms with E-state index in [1.54, 1.807) is 0 Å². The highest BCUT2D eigenvalue weighted by Crippen LogP contribution is 2.41. The minimum Gasteiger partial charge on any atom is -0.469 e. The van der Waals surface area contributed by atoms with E-state index in [1.165, 1.54) is 24.3 Å². The first kappa shape index (κ1) is 23.2. The van der Waals surface area contributed by atoms with Crippen molar-refractivity contribution in [3.05, 3.63) is 69.8 Å². The van der Waals surface area contributed by atoms with Gasteiger partial charge in [-0.15, -0.1) is 0 Å². The van der Waals surface area contributed by atoms with E-state index in [2.05, 4.69) is 0 Å². The number of rotatable bonds is 4. The number of likely N-dealkylation sites (tertiary alicyclic amines) is 1. The second kappa shape index (κ2) is 8.58. The zero-order valence-corrected chi connectivity index (χ0v) is 16.9. The van der Waals surface area contributed by atoms with Gasteiger partial charge < -0.3 is 9.84 Å². The quantitative estimate of drug-likeness (QED) is 0.314. The van der Waals surface area contributed by atoms with Crippen LogP contribution < -0.4 is 4.48 Å². The third kappa shape index (κ3) is 4.42. The molecule has 170 valence electrons. The number of carbonyl (C=O) groups excluding carboxylic acids is 1. The van der Waals surface area contributed by atoms with E-state index in [1.807, 2.05) is 0 Å². The summed E-state index contributed by atoms with van der Waals surface area (Å²) in [5, 5.41) is 21.1. The molecule has 0 aromatic heterocycles. The minimum absolute atomic E-state index is 0.105. The Kier molecular flexibility index (Phi) is 6.22. The number of nitro benzene ring substituents is 1. The predicted octanol–water partition coefficient (Wildman–Crippen LogP) is 4.58. The standard InChI is InChI=1S/C21H19F3N2O6/c1-32-19(27)15-9-14(13-3-2-4-16(10-13)21(22,23)24)11-26(12-15,20(28)29)18-7-5-17(6-8-18)25(30)31/h2-8,10,14-15H,9,11-12H2,1H3/p+1. The highest BCUT2D eigenvalue weighted by molar-refractivity contribution is 5.83. The van der Waals surface area contributed by atoms with Crippen molar-refractivity contribution in [3.63, 3.8) is 0 Å². The number of hydrogen-bond donors (Lipinski definition) is 1. The minimum atomic E-state index is -4.58. The number of hydrogen-bond acceptors (Lipinski definition) is 5. The number of ether oxygens (including phenoxy) is 1. The number of piperidine rings is 1. The zero-order chi connectivity index (χ0) is 23.7. The maximum atomic E-state index is 13.2. The molecule has 3 unspecified atom stereocenters. The number of quaternary nitrogens is 1. The molecule has 3 atom stereocenters. The van der Waals surface area contributed by atoms with Gasteiger partial charge in [0.2, 0.25) is 0 Å². The molecule has 1 aliphatic heterocycles. The van der Waals surface area contributed by atoms with Crippen LogP contribution in [0.3, 0.4) is 0 Å². The van der Waals surface area contributed by atoms with Gasteiger partial charge in [-0.1, -0.05) is 18.2 Å². The van der Waals surface area contributed by atoms with E-state index in [9.17, 15) is 38.0 Å². The summed E-state index contributed by atoms with van der Waals surface area (Å²) >= 11 is 0. The fraction of sp³-hybridized carbons (Fsp3) is 0.333. The van der Waals surface area contributed by atoms with Gasteiger partial charge in [-0.05, 0) is 18.1 Å². The molecule has 1 fully saturated rings. The summed E-state index contributed by atoms with van der Waals surface area (Å²) in [7, 11) is 1.15. The number of non-ortho nitro benzene ring substituents is 1. The normalized spacial score (nSPS) is 23.4. The average molecular weight is 453 g/mol. The molecule has 3 rings (SSSR count). The van der Waals surface area contributed by atoms with Crippen molar-refractivity contribution in [2.24, 2.45) is 5.92 Å². The summed E-state index contributed by atoms with van der Waals surface area (Å²) in [4.78, 5) is 35.2. The van der Waals surface area contributed by atoms with Crippen molar-refractivity contribution >= 4 is 23.4 Å². The van der Waals surface area contributed by atoms with Gasteiger partial charge in [0, 0.05) is 30.2 Å². The van der Waals surface area contributed by atoms with Crippen LogP contribution in [-0.4, -0.2) is 42.3 Å². The van der Waals surface area contributed by atoms with Crippen LogP contribution in [0.15, 0.2) is 48.5 Å². The lowest BCUT2D eigenvalue weighted by atomic mass is 9.82. The molecule has 2 aromatic rings. The molecule has 8 nitrogen and oxygen atoms in total. The van der Waals surface area contributed by atoms with Crippen LogP contribution in [0.2, 0.25) is 0 Å². The Morgan fingerprint density at radius 3 is 2.34 bits per heavy atom. The van der Waals surface area contributed by atoms with Gasteiger partial charge in [0.1, 0.15) is 24.7 Å². The summed E-state index contributed by atoms with van der Waals surface area (Å²) in [5.74, 6) is -2.28. The van der Waals surface area contributed by atoms with Gasteiger partial charge in [0.15, 0.2) is 0 Å². The Labute approximate surface area is 180 Å². The Hall–Kier alpha value is -3.47. The molecule has 1 aliphatic rings. The lowest BCUT2D eigenvalue weighted by molar-refractivity contribution is -0.384. The second-order valence-electron chi connectivity index (χ2n) is 7.67. The van der Waals surface area contributed by atoms with E-state index < -0.39 is 45.0 Å². The maximum Gasteiger partial charge on any atom is 0.518 e. The number of methoxy groups -OCH3 is 1. The van der Waals surface area contributed by atoms with Crippen molar-refractivity contribution in [1.82, 2.24) is 4.48 Å². The number of nitrogens with zero attached hydrogens (tertiary/aromatic N) is 2. The van der Waals surface area contributed by atoms with Gasteiger partial charge in [-0.25, -0.2) is 0 Å². The van der Waals surface area contributed by atoms with Crippen molar-refractivity contribution in [2.75, 3.05) is 20.2 Å². The smallest absolute Gasteiger partial charge is 0.469 e. The lowest BCUT2D eigenvalue weighted by Crippen LogP contribution is -2.62. The van der Waals surface area contributed by atoms with E-state index in [4.69, 9.17) is 4.74 Å². The largest absolute Gasteiger partial charge is 0.518 e. The maximum absolute atomic E-state index is 13.2. The molecule has 0 aliphatic carbocycles. The highest BCUT2D eigenvalue weighted by Gasteiger charge is 2.50. The molecule has 1 amide bonds. The monoisotopic (exact) mass is 453 g/mol. The summed E-state index contributed by atoms with van der Waals surface area (Å²) < 4.78 is 43.7. The molecule has 0 spiro atoms. The van der Waals surface area contributed by atoms with Crippen LogP contribution in [0.1, 0.15) is 23.5 Å². The Morgan fingerprint density at radius 1 is 1.16 bits per heavy atom. The number of benzene rings is 2. The molecular weight excluding hydrogens is 433 g/mol. The molecular formula is C21H20F3N2O6+. The summed E-state index contributed by atoms with van der Waals surface area (Å²) in [5.41, 5.74) is -0.694. The fourth-order valence-electron chi connectivity index (χ4n) is 4.20. The number of amides is 1. The van der Waals surface area contributed by atoms with E-state index >= 15 is 0 Å². The van der Waals surface area contributed by atoms with Crippen LogP contribution in [0, 0.1) is 16.0 Å². The molecule has 1 N–H and O–H groups in total. The van der Waals surface area contributed by atoms with Crippen LogP contribution in [0.25, 0.3) is 0 Å². The van der Waals surface area contributed by atoms with Gasteiger partial charge in [0.05, 0.1) is 17.6 Å². The third-order valence-electron chi connectivity index (χ3n) is 5.77. The van der Waals surface area contributed by atoms with Gasteiger partial charge >= 0.3 is 18.2 Å². The fourth-order valence-corrected chi connectivity index (χ4v) is 4.20. The average Bonchev–Trinajstić information content (AvgIpc) is 2.77. The van der Waals surface area contributed by atoms with Crippen molar-refractivity contribution in [1.29, 1.82) is 0 Å². The number of nitro groups is 1. The Bertz CT molecular complexity index is 1040. The summed E-state index contributed by atoms with van der Waals surface area (Å²) in [6, 6.07) is 9.45. The molecule has 0 bridgehead atoms. The molecule has 11 heteroatoms. The van der Waals surface area contributed by atoms with Gasteiger partial charge in [-0.2, -0.15) is 22.4 Å². The lowest BCUT2D eigenvalue weighted by Gasteiger charge is -2.42. The molecule has 0 radical (unpaired) electrons. The first-order valence-electron chi connectivity index (χ1n) is 9.58. The summed E-state index contributed by atoms with van der Waals surface area (Å²) in [6.45, 7) is -0.336. The Morgan fingerprint density at radius 2 is 1.81 bits per heavy atom. The van der Waals surface area contributed by atoms with Crippen molar-refractivity contribution in [2.45, 2.75) is 18.5 Å². The van der Waals surface area contributed by atoms with E-state index in [0.717, 1.165) is 31.4 Å². The Balaban J connectivity index is 2.10. The number of esters is 1. The second-order valence-corrected chi connectivity index (χ2v) is 7.67. The van der Waals surface area contributed by atoms with Crippen molar-refractivity contribution in [3.8, 4) is 0 Å². The molecule has 2 aromatic carbocycles. The molecule has 1 heterocycles. The van der Waals surface area contributed by atoms with E-state index in [0.29, 0.717) is 0 Å². The van der Waals surface area contributed by atoms with E-state index in [-0.39, 0.29) is 36.4 Å². The molecule has 32 heavy (non-hydrogen) atoms. The highest BCUT2D eigenvalue weighted by atomic mass is 19.4. The molecule has 1 saturated heterocycles. The van der Waals surface area contributed by atoms with Gasteiger partial charge in [0.25, 0.3) is 5.69 Å². The first-order valence-corrected chi connectivity index (χ1v) is 9.58. The summed E-state index contributed by atoms with van der Waals surface area (Å²) in [6.07, 6.45) is -5.80. The SMILES string of the molecule is COC(=O)C1CC(c2cccc(C(F)(F)F)c2)C[N+](C(=O)O)(c2ccc([N+](=O)[O-])cc2)C1. The van der Waals surface area contributed by atoms with Crippen LogP contribution >= 0.6 is 0 Å². The predicted molar refractivity (Wildman–Crippen MR) is 107 cm³/mol. The number of alkyl halides is 3. The van der Waals surface area contributed by atoms with Crippen molar-refractivity contribution < 1.29 is 37.5 Å². The number of halogens is 3. The van der Waals surface area contributed by atoms with Crippen LogP contribution in [0.5, 0.6) is 0 Å². The van der Waals surface area contributed by atoms with Crippen LogP contribution in [-0.2, 0) is 15.7 Å². The number of carboxylic acid groups (broad SMARTS) is 1. The third-order valence-corrected chi connectivity index (χ3v) is 5.77. The topological polar surface area (TPSA) is 107 Å². The first-order chi connectivity index (χ1) is 15.0. The number of carbonyl (C=O) groups is 2. The molecule has 0 saturated carbocycles.